The number of carbonyl (C=O) groups excluding carboxylic acids is 2. The predicted octanol–water partition coefficient (Wildman–Crippen LogP) is 3.95. The van der Waals surface area contributed by atoms with Gasteiger partial charge >= 0.3 is 0 Å². The maximum Gasteiger partial charge on any atom is 0.290 e. The fraction of sp³-hybridized carbons (Fsp3) is 0.417. The van der Waals surface area contributed by atoms with Crippen LogP contribution in [0.2, 0.25) is 0 Å². The lowest BCUT2D eigenvalue weighted by molar-refractivity contribution is -0.136. The minimum Gasteiger partial charge on any atom is -0.504 e. The van der Waals surface area contributed by atoms with Gasteiger partial charge in [0.15, 0.2) is 23.0 Å². The van der Waals surface area contributed by atoms with E-state index < -0.39 is 6.04 Å². The molecule has 5 atom stereocenters. The number of Topliss-reactive ketones (excluding diaryl/α,β-unsaturated/α-hetero) is 1. The number of fused-ring (bicyclic) bond motifs is 1. The minimum atomic E-state index is -0.682. The summed E-state index contributed by atoms with van der Waals surface area (Å²) in [5.41, 5.74) is 0.987. The summed E-state index contributed by atoms with van der Waals surface area (Å²) in [4.78, 5) is 28.8. The molecule has 168 valence electrons. The molecule has 2 aromatic rings. The lowest BCUT2D eigenvalue weighted by Gasteiger charge is -2.40. The molecular weight excluding hydrogens is 434 g/mol. The van der Waals surface area contributed by atoms with E-state index in [4.69, 9.17) is 25.5 Å². The Morgan fingerprint density at radius 1 is 1.25 bits per heavy atom. The number of phenols is 1. The van der Waals surface area contributed by atoms with Gasteiger partial charge < -0.3 is 23.9 Å². The fourth-order valence-corrected chi connectivity index (χ4v) is 5.30. The second kappa shape index (κ2) is 7.89. The quantitative estimate of drug-likeness (QED) is 0.699. The van der Waals surface area contributed by atoms with Gasteiger partial charge in [0.05, 0.1) is 37.5 Å². The highest BCUT2D eigenvalue weighted by Gasteiger charge is 2.53. The number of methoxy groups -OCH3 is 1. The van der Waals surface area contributed by atoms with Crippen LogP contribution >= 0.6 is 11.6 Å². The average Bonchev–Trinajstić information content (AvgIpc) is 3.38. The van der Waals surface area contributed by atoms with Crippen LogP contribution in [0.4, 0.5) is 0 Å². The smallest absolute Gasteiger partial charge is 0.290 e. The third-order valence-electron chi connectivity index (χ3n) is 6.73. The Bertz CT molecular complexity index is 1090. The first-order valence-corrected chi connectivity index (χ1v) is 11.1. The first-order chi connectivity index (χ1) is 15.4. The summed E-state index contributed by atoms with van der Waals surface area (Å²) >= 11 is 6.50. The van der Waals surface area contributed by atoms with E-state index in [1.807, 2.05) is 6.92 Å². The molecule has 8 heteroatoms. The van der Waals surface area contributed by atoms with E-state index in [9.17, 15) is 14.7 Å². The summed E-state index contributed by atoms with van der Waals surface area (Å²) in [6, 6.07) is 7.68. The number of hydrogen-bond donors (Lipinski definition) is 1. The van der Waals surface area contributed by atoms with Crippen LogP contribution in [0.1, 0.15) is 37.1 Å². The van der Waals surface area contributed by atoms with E-state index >= 15 is 0 Å². The van der Waals surface area contributed by atoms with Gasteiger partial charge in [-0.25, -0.2) is 0 Å². The first kappa shape index (κ1) is 20.9. The van der Waals surface area contributed by atoms with Crippen molar-refractivity contribution in [2.75, 3.05) is 7.11 Å². The Hall–Kier alpha value is -2.93. The number of nitrogens with zero attached hydrogens (tertiary/aromatic N) is 1. The lowest BCUT2D eigenvalue weighted by atomic mass is 9.74. The number of rotatable bonds is 4. The number of ether oxygens (including phenoxy) is 2. The van der Waals surface area contributed by atoms with E-state index in [0.717, 1.165) is 0 Å². The summed E-state index contributed by atoms with van der Waals surface area (Å²) in [5, 5.41) is 9.94. The highest BCUT2D eigenvalue weighted by molar-refractivity contribution is 6.21. The molecule has 0 bridgehead atoms. The number of hydrogen-bond acceptors (Lipinski definition) is 6. The molecule has 1 aromatic heterocycles. The number of phenolic OH excluding ortho intramolecular Hbond substituents is 1. The minimum absolute atomic E-state index is 0.0232. The maximum atomic E-state index is 13.7. The Balaban J connectivity index is 1.60. The number of halogens is 1. The van der Waals surface area contributed by atoms with Crippen molar-refractivity contribution < 1.29 is 28.6 Å². The molecule has 0 radical (unpaired) electrons. The molecule has 1 aromatic carbocycles. The molecule has 1 saturated carbocycles. The van der Waals surface area contributed by atoms with Crippen molar-refractivity contribution >= 4 is 23.3 Å². The van der Waals surface area contributed by atoms with Crippen LogP contribution in [0.5, 0.6) is 11.5 Å². The Morgan fingerprint density at radius 2 is 2.06 bits per heavy atom. The highest BCUT2D eigenvalue weighted by atomic mass is 35.5. The monoisotopic (exact) mass is 457 g/mol. The molecule has 1 aliphatic carbocycles. The first-order valence-electron chi connectivity index (χ1n) is 10.7. The highest BCUT2D eigenvalue weighted by Crippen LogP contribution is 2.49. The van der Waals surface area contributed by atoms with Gasteiger partial charge in [-0.1, -0.05) is 13.0 Å². The van der Waals surface area contributed by atoms with Crippen molar-refractivity contribution in [3.63, 3.8) is 0 Å². The summed E-state index contributed by atoms with van der Waals surface area (Å²) in [7, 11) is 1.45. The molecule has 2 aliphatic heterocycles. The number of alkyl halides is 1. The van der Waals surface area contributed by atoms with Crippen LogP contribution in [0, 0.1) is 11.8 Å². The number of benzene rings is 1. The van der Waals surface area contributed by atoms with Gasteiger partial charge in [0.25, 0.3) is 5.91 Å². The van der Waals surface area contributed by atoms with E-state index in [1.165, 1.54) is 13.2 Å². The summed E-state index contributed by atoms with van der Waals surface area (Å²) in [6.45, 7) is 2.21. The molecule has 32 heavy (non-hydrogen) atoms. The van der Waals surface area contributed by atoms with E-state index in [-0.39, 0.29) is 58.8 Å². The van der Waals surface area contributed by atoms with Crippen LogP contribution < -0.4 is 4.74 Å². The third-order valence-corrected chi connectivity index (χ3v) is 7.34. The van der Waals surface area contributed by atoms with E-state index in [2.05, 4.69) is 0 Å². The number of aromatic hydroxyl groups is 1. The molecular formula is C24H24ClNO6. The second-order valence-electron chi connectivity index (χ2n) is 8.68. The predicted molar refractivity (Wildman–Crippen MR) is 115 cm³/mol. The molecule has 7 nitrogen and oxygen atoms in total. The van der Waals surface area contributed by atoms with Crippen LogP contribution in [-0.4, -0.2) is 40.3 Å². The molecule has 1 N–H and O–H groups in total. The molecule has 0 spiro atoms. The Labute approximate surface area is 190 Å². The standard InChI is InChI=1S/C24H24ClNO6/c1-12-8-18-15(10-16(12)25)22(28)20-21(13-5-6-17(27)19(9-13)30-2)26(24(29)23(20)32-18)11-14-4-3-7-31-14/h3-7,9,12,15-16,18,21,27H,8,10-11H2,1-2H3. The fourth-order valence-electron chi connectivity index (χ4n) is 5.01. The van der Waals surface area contributed by atoms with Crippen LogP contribution in [-0.2, 0) is 20.9 Å². The molecule has 5 rings (SSSR count). The van der Waals surface area contributed by atoms with Crippen molar-refractivity contribution in [3.05, 3.63) is 59.3 Å². The lowest BCUT2D eigenvalue weighted by Crippen LogP contribution is -2.44. The van der Waals surface area contributed by atoms with Crippen molar-refractivity contribution in [2.45, 2.75) is 43.8 Å². The van der Waals surface area contributed by atoms with Gasteiger partial charge in [0.2, 0.25) is 0 Å². The maximum absolute atomic E-state index is 13.7. The second-order valence-corrected chi connectivity index (χ2v) is 9.24. The summed E-state index contributed by atoms with van der Waals surface area (Å²) in [6.07, 6.45) is 2.33. The molecule has 1 fully saturated rings. The summed E-state index contributed by atoms with van der Waals surface area (Å²) < 4.78 is 16.9. The third kappa shape index (κ3) is 3.26. The number of carbonyl (C=O) groups is 2. The van der Waals surface area contributed by atoms with Gasteiger partial charge in [0, 0.05) is 5.38 Å². The van der Waals surface area contributed by atoms with Gasteiger partial charge in [-0.3, -0.25) is 9.59 Å². The zero-order valence-electron chi connectivity index (χ0n) is 17.8. The number of amides is 1. The Kier molecular flexibility index (Phi) is 5.16. The van der Waals surface area contributed by atoms with Crippen molar-refractivity contribution in [2.24, 2.45) is 11.8 Å². The Morgan fingerprint density at radius 3 is 2.78 bits per heavy atom. The largest absolute Gasteiger partial charge is 0.504 e. The van der Waals surface area contributed by atoms with Crippen LogP contribution in [0.15, 0.2) is 52.3 Å². The molecule has 3 aliphatic rings. The van der Waals surface area contributed by atoms with Gasteiger partial charge in [-0.05, 0) is 48.6 Å². The van der Waals surface area contributed by atoms with Gasteiger partial charge in [0.1, 0.15) is 11.9 Å². The van der Waals surface area contributed by atoms with Crippen LogP contribution in [0.3, 0.4) is 0 Å². The molecule has 1 amide bonds. The topological polar surface area (TPSA) is 89.2 Å². The SMILES string of the molecule is COc1cc(C2C3=C(OC4CC(C)C(Cl)CC4C3=O)C(=O)N2Cc2ccco2)ccc1O. The van der Waals surface area contributed by atoms with E-state index in [1.54, 1.807) is 35.4 Å². The van der Waals surface area contributed by atoms with E-state index in [0.29, 0.717) is 29.7 Å². The van der Waals surface area contributed by atoms with Crippen molar-refractivity contribution in [1.82, 2.24) is 4.90 Å². The normalized spacial score (nSPS) is 29.6. The molecule has 5 unspecified atom stereocenters. The zero-order valence-corrected chi connectivity index (χ0v) is 18.5. The zero-order chi connectivity index (χ0) is 22.6. The van der Waals surface area contributed by atoms with Crippen molar-refractivity contribution in [1.29, 1.82) is 0 Å². The molecule has 0 saturated heterocycles. The van der Waals surface area contributed by atoms with Crippen molar-refractivity contribution in [3.8, 4) is 11.5 Å². The van der Waals surface area contributed by atoms with Crippen LogP contribution in [0.25, 0.3) is 0 Å². The van der Waals surface area contributed by atoms with Gasteiger partial charge in [-0.15, -0.1) is 11.6 Å². The van der Waals surface area contributed by atoms with Gasteiger partial charge in [-0.2, -0.15) is 0 Å². The number of furan rings is 1. The average molecular weight is 458 g/mol. The summed E-state index contributed by atoms with van der Waals surface area (Å²) in [5.74, 6) is 0.308. The number of ketones is 1. The molecule has 3 heterocycles.